The van der Waals surface area contributed by atoms with Crippen molar-refractivity contribution in [3.8, 4) is 6.07 Å². The molecule has 0 spiro atoms. The fourth-order valence-corrected chi connectivity index (χ4v) is 2.12. The predicted molar refractivity (Wildman–Crippen MR) is 52.5 cm³/mol. The minimum atomic E-state index is -0.969. The zero-order valence-corrected chi connectivity index (χ0v) is 8.41. The molecule has 1 unspecified atom stereocenters. The summed E-state index contributed by atoms with van der Waals surface area (Å²) in [6.45, 7) is 0. The summed E-state index contributed by atoms with van der Waals surface area (Å²) in [7, 11) is 0. The molecule has 0 bridgehead atoms. The first kappa shape index (κ1) is 11.0. The van der Waals surface area contributed by atoms with Crippen molar-refractivity contribution >= 4 is 5.97 Å². The van der Waals surface area contributed by atoms with E-state index in [1.165, 1.54) is 32.1 Å². The van der Waals surface area contributed by atoms with Crippen LogP contribution in [0.25, 0.3) is 0 Å². The van der Waals surface area contributed by atoms with Gasteiger partial charge in [-0.15, -0.1) is 0 Å². The summed E-state index contributed by atoms with van der Waals surface area (Å²) in [6.07, 6.45) is 7.73. The maximum absolute atomic E-state index is 10.6. The van der Waals surface area contributed by atoms with Gasteiger partial charge in [0.05, 0.1) is 6.07 Å². The van der Waals surface area contributed by atoms with Crippen LogP contribution in [0.15, 0.2) is 0 Å². The fraction of sp³-hybridized carbons (Fsp3) is 0.818. The smallest absolute Gasteiger partial charge is 0.320 e. The van der Waals surface area contributed by atoms with E-state index in [2.05, 4.69) is 0 Å². The third kappa shape index (κ3) is 3.37. The van der Waals surface area contributed by atoms with Crippen LogP contribution in [0.5, 0.6) is 0 Å². The van der Waals surface area contributed by atoms with Crippen LogP contribution >= 0.6 is 0 Å². The highest BCUT2D eigenvalue weighted by atomic mass is 16.4. The Hall–Kier alpha value is -1.04. The lowest BCUT2D eigenvalue weighted by molar-refractivity contribution is -0.140. The number of rotatable bonds is 4. The molecule has 1 rings (SSSR count). The number of hydrogen-bond donors (Lipinski definition) is 1. The van der Waals surface area contributed by atoms with Crippen LogP contribution in [-0.2, 0) is 4.79 Å². The van der Waals surface area contributed by atoms with E-state index in [0.29, 0.717) is 12.3 Å². The molecular formula is C11H17NO2. The molecule has 0 aromatic heterocycles. The summed E-state index contributed by atoms with van der Waals surface area (Å²) >= 11 is 0. The van der Waals surface area contributed by atoms with E-state index in [4.69, 9.17) is 10.4 Å². The molecule has 1 atom stereocenters. The van der Waals surface area contributed by atoms with E-state index in [1.807, 2.05) is 6.07 Å². The van der Waals surface area contributed by atoms with Gasteiger partial charge < -0.3 is 5.11 Å². The molecule has 0 aliphatic heterocycles. The Balaban J connectivity index is 2.24. The van der Waals surface area contributed by atoms with E-state index < -0.39 is 11.9 Å². The van der Waals surface area contributed by atoms with Crippen molar-refractivity contribution in [3.63, 3.8) is 0 Å². The molecule has 0 saturated heterocycles. The van der Waals surface area contributed by atoms with Crippen LogP contribution < -0.4 is 0 Å². The molecular weight excluding hydrogens is 178 g/mol. The van der Waals surface area contributed by atoms with Crippen molar-refractivity contribution in [1.29, 1.82) is 5.26 Å². The summed E-state index contributed by atoms with van der Waals surface area (Å²) in [5.74, 6) is -1.10. The first-order valence-corrected chi connectivity index (χ1v) is 5.36. The normalized spacial score (nSPS) is 19.9. The third-order valence-electron chi connectivity index (χ3n) is 3.04. The molecule has 0 amide bonds. The Morgan fingerprint density at radius 3 is 2.57 bits per heavy atom. The summed E-state index contributed by atoms with van der Waals surface area (Å²) in [4.78, 5) is 10.6. The van der Waals surface area contributed by atoms with Gasteiger partial charge in [-0.05, 0) is 18.8 Å². The second-order valence-electron chi connectivity index (χ2n) is 4.10. The van der Waals surface area contributed by atoms with Gasteiger partial charge in [0.25, 0.3) is 0 Å². The van der Waals surface area contributed by atoms with Crippen molar-refractivity contribution in [2.45, 2.75) is 44.9 Å². The summed E-state index contributed by atoms with van der Waals surface area (Å²) in [5.41, 5.74) is 0. The maximum Gasteiger partial charge on any atom is 0.320 e. The molecule has 1 aliphatic carbocycles. The summed E-state index contributed by atoms with van der Waals surface area (Å²) in [5, 5.41) is 17.3. The van der Waals surface area contributed by atoms with Crippen LogP contribution in [0, 0.1) is 23.2 Å². The fourth-order valence-electron chi connectivity index (χ4n) is 2.12. The number of carboxylic acid groups (broad SMARTS) is 1. The van der Waals surface area contributed by atoms with Gasteiger partial charge in [0, 0.05) is 0 Å². The SMILES string of the molecule is N#CC(CCC1CCCCC1)C(=O)O. The number of carbonyl (C=O) groups is 1. The average Bonchev–Trinajstić information content (AvgIpc) is 2.20. The van der Waals surface area contributed by atoms with Gasteiger partial charge in [-0.2, -0.15) is 5.26 Å². The molecule has 14 heavy (non-hydrogen) atoms. The van der Waals surface area contributed by atoms with Gasteiger partial charge in [0.15, 0.2) is 0 Å². The molecule has 0 aromatic carbocycles. The lowest BCUT2D eigenvalue weighted by Crippen LogP contribution is -2.14. The maximum atomic E-state index is 10.6. The van der Waals surface area contributed by atoms with Crippen LogP contribution in [0.2, 0.25) is 0 Å². The monoisotopic (exact) mass is 195 g/mol. The van der Waals surface area contributed by atoms with E-state index >= 15 is 0 Å². The van der Waals surface area contributed by atoms with Crippen molar-refractivity contribution in [1.82, 2.24) is 0 Å². The standard InChI is InChI=1S/C11H17NO2/c12-8-10(11(13)14)7-6-9-4-2-1-3-5-9/h9-10H,1-7H2,(H,13,14). The molecule has 0 aromatic rings. The Labute approximate surface area is 84.7 Å². The number of aliphatic carboxylic acids is 1. The van der Waals surface area contributed by atoms with E-state index in [1.54, 1.807) is 0 Å². The lowest BCUT2D eigenvalue weighted by atomic mass is 9.84. The second kappa shape index (κ2) is 5.64. The van der Waals surface area contributed by atoms with Gasteiger partial charge in [0.1, 0.15) is 5.92 Å². The van der Waals surface area contributed by atoms with Crippen molar-refractivity contribution in [3.05, 3.63) is 0 Å². The number of nitrogens with zero attached hydrogens (tertiary/aromatic N) is 1. The molecule has 1 N–H and O–H groups in total. The van der Waals surface area contributed by atoms with Crippen LogP contribution in [0.3, 0.4) is 0 Å². The highest BCUT2D eigenvalue weighted by Gasteiger charge is 2.20. The number of hydrogen-bond acceptors (Lipinski definition) is 2. The van der Waals surface area contributed by atoms with Gasteiger partial charge in [-0.3, -0.25) is 4.79 Å². The largest absolute Gasteiger partial charge is 0.480 e. The molecule has 78 valence electrons. The number of nitriles is 1. The topological polar surface area (TPSA) is 61.1 Å². The lowest BCUT2D eigenvalue weighted by Gasteiger charge is -2.21. The van der Waals surface area contributed by atoms with Crippen molar-refractivity contribution in [2.24, 2.45) is 11.8 Å². The molecule has 1 aliphatic rings. The van der Waals surface area contributed by atoms with Gasteiger partial charge in [-0.25, -0.2) is 0 Å². The van der Waals surface area contributed by atoms with E-state index in [0.717, 1.165) is 6.42 Å². The van der Waals surface area contributed by atoms with Gasteiger partial charge >= 0.3 is 5.97 Å². The highest BCUT2D eigenvalue weighted by Crippen LogP contribution is 2.28. The van der Waals surface area contributed by atoms with Crippen LogP contribution in [0.1, 0.15) is 44.9 Å². The third-order valence-corrected chi connectivity index (χ3v) is 3.04. The quantitative estimate of drug-likeness (QED) is 0.749. The Bertz CT molecular complexity index is 226. The minimum absolute atomic E-state index is 0.524. The summed E-state index contributed by atoms with van der Waals surface area (Å²) in [6, 6.07) is 1.84. The summed E-state index contributed by atoms with van der Waals surface area (Å²) < 4.78 is 0. The molecule has 3 nitrogen and oxygen atoms in total. The predicted octanol–water partition coefficient (Wildman–Crippen LogP) is 2.57. The van der Waals surface area contributed by atoms with E-state index in [-0.39, 0.29) is 0 Å². The molecule has 1 saturated carbocycles. The molecule has 0 radical (unpaired) electrons. The average molecular weight is 195 g/mol. The Morgan fingerprint density at radius 2 is 2.07 bits per heavy atom. The Morgan fingerprint density at radius 1 is 1.43 bits per heavy atom. The van der Waals surface area contributed by atoms with E-state index in [9.17, 15) is 4.79 Å². The Kier molecular flexibility index (Phi) is 4.45. The molecule has 0 heterocycles. The zero-order chi connectivity index (χ0) is 10.4. The molecule has 3 heteroatoms. The minimum Gasteiger partial charge on any atom is -0.480 e. The zero-order valence-electron chi connectivity index (χ0n) is 8.41. The highest BCUT2D eigenvalue weighted by molar-refractivity contribution is 5.72. The van der Waals surface area contributed by atoms with Gasteiger partial charge in [-0.1, -0.05) is 32.1 Å². The second-order valence-corrected chi connectivity index (χ2v) is 4.10. The number of carboxylic acids is 1. The van der Waals surface area contributed by atoms with Crippen LogP contribution in [-0.4, -0.2) is 11.1 Å². The van der Waals surface area contributed by atoms with Crippen molar-refractivity contribution in [2.75, 3.05) is 0 Å². The van der Waals surface area contributed by atoms with Gasteiger partial charge in [0.2, 0.25) is 0 Å². The van der Waals surface area contributed by atoms with Crippen LogP contribution in [0.4, 0.5) is 0 Å². The molecule has 1 fully saturated rings. The first-order valence-electron chi connectivity index (χ1n) is 5.36. The first-order chi connectivity index (χ1) is 6.74. The van der Waals surface area contributed by atoms with Crippen molar-refractivity contribution < 1.29 is 9.90 Å².